The molecule has 0 fully saturated rings. The molecule has 0 aromatic rings. The number of carbonyl (C=O) groups excluding carboxylic acids is 1. The SMILES string of the molecule is CCOC(=O)C[NH+]1C=CN(C)C1.[Cl-]. The number of nitrogens with zero attached hydrogens (tertiary/aromatic N) is 1. The van der Waals surface area contributed by atoms with Gasteiger partial charge in [-0.1, -0.05) is 0 Å². The molecule has 0 saturated heterocycles. The maximum absolute atomic E-state index is 11.0. The molecule has 0 radical (unpaired) electrons. The van der Waals surface area contributed by atoms with Crippen LogP contribution in [0.5, 0.6) is 0 Å². The fourth-order valence-electron chi connectivity index (χ4n) is 1.17. The molecule has 1 atom stereocenters. The van der Waals surface area contributed by atoms with Crippen LogP contribution in [0.25, 0.3) is 0 Å². The molecule has 1 N–H and O–H groups in total. The molecule has 1 aliphatic rings. The zero-order valence-electron chi connectivity index (χ0n) is 7.92. The Kier molecular flexibility index (Phi) is 5.50. The summed E-state index contributed by atoms with van der Waals surface area (Å²) >= 11 is 0. The lowest BCUT2D eigenvalue weighted by molar-refractivity contribution is -0.840. The number of hydrogen-bond acceptors (Lipinski definition) is 3. The second-order valence-corrected chi connectivity index (χ2v) is 2.87. The van der Waals surface area contributed by atoms with Gasteiger partial charge >= 0.3 is 5.97 Å². The lowest BCUT2D eigenvalue weighted by Crippen LogP contribution is -3.08. The minimum Gasteiger partial charge on any atom is -1.00 e. The largest absolute Gasteiger partial charge is 1.00 e. The molecule has 1 aliphatic heterocycles. The van der Waals surface area contributed by atoms with Crippen LogP contribution in [0, 0.1) is 0 Å². The van der Waals surface area contributed by atoms with E-state index in [1.807, 2.05) is 31.3 Å². The van der Waals surface area contributed by atoms with E-state index in [1.165, 1.54) is 0 Å². The summed E-state index contributed by atoms with van der Waals surface area (Å²) in [5.41, 5.74) is 0. The Labute approximate surface area is 84.5 Å². The quantitative estimate of drug-likeness (QED) is 0.476. The third-order valence-corrected chi connectivity index (χ3v) is 1.69. The summed E-state index contributed by atoms with van der Waals surface area (Å²) in [5, 5.41) is 0. The van der Waals surface area contributed by atoms with E-state index in [0.29, 0.717) is 13.2 Å². The van der Waals surface area contributed by atoms with Gasteiger partial charge in [0.05, 0.1) is 12.8 Å². The molecule has 0 aliphatic carbocycles. The van der Waals surface area contributed by atoms with Gasteiger partial charge in [-0.2, -0.15) is 0 Å². The second-order valence-electron chi connectivity index (χ2n) is 2.87. The predicted molar refractivity (Wildman–Crippen MR) is 44.2 cm³/mol. The summed E-state index contributed by atoms with van der Waals surface area (Å²) < 4.78 is 4.83. The summed E-state index contributed by atoms with van der Waals surface area (Å²) in [5.74, 6) is -0.132. The van der Waals surface area contributed by atoms with Crippen molar-refractivity contribution in [3.05, 3.63) is 12.4 Å². The van der Waals surface area contributed by atoms with Crippen LogP contribution in [0.2, 0.25) is 0 Å². The Morgan fingerprint density at radius 1 is 1.69 bits per heavy atom. The smallest absolute Gasteiger partial charge is 0.362 e. The van der Waals surface area contributed by atoms with Crippen molar-refractivity contribution >= 4 is 5.97 Å². The molecule has 0 aromatic carbocycles. The van der Waals surface area contributed by atoms with Gasteiger partial charge < -0.3 is 22.0 Å². The number of carbonyl (C=O) groups is 1. The summed E-state index contributed by atoms with van der Waals surface area (Å²) in [7, 11) is 1.98. The topological polar surface area (TPSA) is 34.0 Å². The van der Waals surface area contributed by atoms with Crippen LogP contribution in [0.3, 0.4) is 0 Å². The van der Waals surface area contributed by atoms with Crippen LogP contribution in [0.15, 0.2) is 12.4 Å². The number of ether oxygens (including phenoxy) is 1. The fourth-order valence-corrected chi connectivity index (χ4v) is 1.17. The summed E-state index contributed by atoms with van der Waals surface area (Å²) in [4.78, 5) is 14.2. The molecule has 1 unspecified atom stereocenters. The molecule has 0 aromatic heterocycles. The lowest BCUT2D eigenvalue weighted by Gasteiger charge is -2.11. The number of nitrogens with one attached hydrogen (secondary N) is 1. The lowest BCUT2D eigenvalue weighted by atomic mass is 10.6. The predicted octanol–water partition coefficient (Wildman–Crippen LogP) is -4.19. The van der Waals surface area contributed by atoms with Crippen LogP contribution in [-0.4, -0.2) is 37.7 Å². The average Bonchev–Trinajstić information content (AvgIpc) is 2.36. The first-order chi connectivity index (χ1) is 5.72. The minimum absolute atomic E-state index is 0. The van der Waals surface area contributed by atoms with Gasteiger partial charge in [0.15, 0.2) is 13.2 Å². The van der Waals surface area contributed by atoms with E-state index in [-0.39, 0.29) is 18.4 Å². The molecule has 0 spiro atoms. The summed E-state index contributed by atoms with van der Waals surface area (Å²) in [6.45, 7) is 3.55. The van der Waals surface area contributed by atoms with Gasteiger partial charge in [0.1, 0.15) is 6.20 Å². The van der Waals surface area contributed by atoms with Gasteiger partial charge in [0.2, 0.25) is 0 Å². The maximum atomic E-state index is 11.0. The first-order valence-corrected chi connectivity index (χ1v) is 4.11. The number of halogens is 1. The third kappa shape index (κ3) is 4.15. The fraction of sp³-hybridized carbons (Fsp3) is 0.625. The average molecular weight is 207 g/mol. The Morgan fingerprint density at radius 2 is 2.38 bits per heavy atom. The Hall–Kier alpha value is -0.740. The van der Waals surface area contributed by atoms with E-state index in [2.05, 4.69) is 0 Å². The number of quaternary nitrogens is 1. The van der Waals surface area contributed by atoms with E-state index in [9.17, 15) is 4.79 Å². The van der Waals surface area contributed by atoms with Crippen molar-refractivity contribution in [3.8, 4) is 0 Å². The van der Waals surface area contributed by atoms with Crippen molar-refractivity contribution in [2.45, 2.75) is 6.92 Å². The highest BCUT2D eigenvalue weighted by molar-refractivity contribution is 5.70. The molecule has 1 rings (SSSR count). The van der Waals surface area contributed by atoms with Crippen LogP contribution in [0.4, 0.5) is 0 Å². The van der Waals surface area contributed by atoms with Gasteiger partial charge in [0.25, 0.3) is 0 Å². The number of rotatable bonds is 3. The van der Waals surface area contributed by atoms with Gasteiger partial charge in [-0.3, -0.25) is 4.90 Å². The highest BCUT2D eigenvalue weighted by Gasteiger charge is 2.17. The maximum Gasteiger partial charge on any atom is 0.362 e. The molecule has 13 heavy (non-hydrogen) atoms. The van der Waals surface area contributed by atoms with Crippen molar-refractivity contribution in [3.63, 3.8) is 0 Å². The second kappa shape index (κ2) is 5.83. The Bertz CT molecular complexity index is 197. The van der Waals surface area contributed by atoms with Crippen molar-refractivity contribution < 1.29 is 26.8 Å². The van der Waals surface area contributed by atoms with E-state index in [1.54, 1.807) is 0 Å². The Morgan fingerprint density at radius 3 is 2.85 bits per heavy atom. The number of esters is 1. The van der Waals surface area contributed by atoms with Crippen LogP contribution < -0.4 is 17.3 Å². The van der Waals surface area contributed by atoms with E-state index >= 15 is 0 Å². The first-order valence-electron chi connectivity index (χ1n) is 4.11. The zero-order valence-corrected chi connectivity index (χ0v) is 8.67. The summed E-state index contributed by atoms with van der Waals surface area (Å²) in [6, 6.07) is 0. The standard InChI is InChI=1S/C8H14N2O2.ClH/c1-3-12-8(11)6-10-5-4-9(2)7-10;/h4-5H,3,6-7H2,1-2H3;1H. The van der Waals surface area contributed by atoms with Gasteiger partial charge in [-0.05, 0) is 6.92 Å². The first kappa shape index (κ1) is 12.3. The minimum atomic E-state index is -0.132. The third-order valence-electron chi connectivity index (χ3n) is 1.69. The van der Waals surface area contributed by atoms with Crippen LogP contribution >= 0.6 is 0 Å². The molecule has 76 valence electrons. The normalized spacial score (nSPS) is 19.8. The van der Waals surface area contributed by atoms with Gasteiger partial charge in [0, 0.05) is 7.05 Å². The molecule has 4 nitrogen and oxygen atoms in total. The molecule has 1 heterocycles. The van der Waals surface area contributed by atoms with Crippen molar-refractivity contribution in [1.29, 1.82) is 0 Å². The molecule has 0 saturated carbocycles. The van der Waals surface area contributed by atoms with E-state index < -0.39 is 0 Å². The molecular formula is C8H15ClN2O2. The highest BCUT2D eigenvalue weighted by Crippen LogP contribution is 1.83. The van der Waals surface area contributed by atoms with Crippen LogP contribution in [-0.2, 0) is 9.53 Å². The molecule has 0 bridgehead atoms. The molecule has 5 heteroatoms. The van der Waals surface area contributed by atoms with Crippen LogP contribution in [0.1, 0.15) is 6.92 Å². The van der Waals surface area contributed by atoms with Gasteiger partial charge in [-0.15, -0.1) is 0 Å². The van der Waals surface area contributed by atoms with Crippen molar-refractivity contribution in [2.24, 2.45) is 0 Å². The van der Waals surface area contributed by atoms with Crippen molar-refractivity contribution in [1.82, 2.24) is 4.90 Å². The zero-order chi connectivity index (χ0) is 8.97. The molecular weight excluding hydrogens is 192 g/mol. The van der Waals surface area contributed by atoms with E-state index in [0.717, 1.165) is 11.6 Å². The molecule has 0 amide bonds. The summed E-state index contributed by atoms with van der Waals surface area (Å²) in [6.07, 6.45) is 3.94. The van der Waals surface area contributed by atoms with E-state index in [4.69, 9.17) is 4.74 Å². The highest BCUT2D eigenvalue weighted by atomic mass is 35.5. The van der Waals surface area contributed by atoms with Crippen molar-refractivity contribution in [2.75, 3.05) is 26.9 Å². The monoisotopic (exact) mass is 206 g/mol. The van der Waals surface area contributed by atoms with Gasteiger partial charge in [-0.25, -0.2) is 4.79 Å². The number of hydrogen-bond donors (Lipinski definition) is 1. The Balaban J connectivity index is 0.00000144.